The van der Waals surface area contributed by atoms with E-state index in [9.17, 15) is 5.11 Å². The van der Waals surface area contributed by atoms with Crippen molar-refractivity contribution in [1.29, 1.82) is 0 Å². The summed E-state index contributed by atoms with van der Waals surface area (Å²) in [7, 11) is 0. The van der Waals surface area contributed by atoms with Crippen LogP contribution in [-0.4, -0.2) is 18.0 Å². The van der Waals surface area contributed by atoms with Crippen LogP contribution in [0.4, 0.5) is 0 Å². The lowest BCUT2D eigenvalue weighted by Crippen LogP contribution is -2.22. The van der Waals surface area contributed by atoms with Gasteiger partial charge in [-0.05, 0) is 12.3 Å². The van der Waals surface area contributed by atoms with Crippen LogP contribution in [0.3, 0.4) is 0 Å². The minimum absolute atomic E-state index is 0.193. The fraction of sp³-hybridized carbons (Fsp3) is 1.00. The van der Waals surface area contributed by atoms with Gasteiger partial charge in [-0.15, -0.1) is 0 Å². The molecule has 0 amide bonds. The van der Waals surface area contributed by atoms with E-state index in [0.717, 1.165) is 6.42 Å². The van der Waals surface area contributed by atoms with E-state index < -0.39 is 6.29 Å². The van der Waals surface area contributed by atoms with Gasteiger partial charge < -0.3 is 9.84 Å². The third-order valence-corrected chi connectivity index (χ3v) is 2.62. The Morgan fingerprint density at radius 2 is 1.86 bits per heavy atom. The van der Waals surface area contributed by atoms with Gasteiger partial charge in [-0.3, -0.25) is 0 Å². The van der Waals surface area contributed by atoms with E-state index in [1.54, 1.807) is 0 Å². The Bertz CT molecular complexity index is 123. The van der Waals surface area contributed by atoms with E-state index in [1.165, 1.54) is 19.3 Å². The highest BCUT2D eigenvalue weighted by molar-refractivity contribution is 4.57. The third kappa shape index (κ3) is 6.39. The van der Waals surface area contributed by atoms with Crippen LogP contribution in [0.15, 0.2) is 0 Å². The quantitative estimate of drug-likeness (QED) is 0.612. The highest BCUT2D eigenvalue weighted by Crippen LogP contribution is 2.14. The number of hydrogen-bond donors (Lipinski definition) is 1. The summed E-state index contributed by atoms with van der Waals surface area (Å²) in [5.74, 6) is 0.807. The number of aliphatic hydroxyl groups excluding tert-OH is 1. The summed E-state index contributed by atoms with van der Waals surface area (Å²) in [6.07, 6.45) is 4.27. The van der Waals surface area contributed by atoms with Crippen LogP contribution in [0.2, 0.25) is 0 Å². The molecule has 2 atom stereocenters. The standard InChI is InChI=1S/C12H26O2/c1-5-7-8-11(6-2)9-14-12(13)10(3)4/h10-13H,5-9H2,1-4H3. The zero-order valence-corrected chi connectivity index (χ0v) is 10.1. The smallest absolute Gasteiger partial charge is 0.156 e. The van der Waals surface area contributed by atoms with Gasteiger partial charge in [0.2, 0.25) is 0 Å². The van der Waals surface area contributed by atoms with Gasteiger partial charge in [-0.1, -0.05) is 47.0 Å². The van der Waals surface area contributed by atoms with Gasteiger partial charge in [0, 0.05) is 5.92 Å². The molecule has 0 saturated heterocycles. The summed E-state index contributed by atoms with van der Waals surface area (Å²) >= 11 is 0. The molecular formula is C12H26O2. The second-order valence-corrected chi connectivity index (χ2v) is 4.38. The second-order valence-electron chi connectivity index (χ2n) is 4.38. The monoisotopic (exact) mass is 202 g/mol. The average Bonchev–Trinajstić information content (AvgIpc) is 2.17. The van der Waals surface area contributed by atoms with Crippen molar-refractivity contribution in [3.63, 3.8) is 0 Å². The summed E-state index contributed by atoms with van der Waals surface area (Å²) in [6.45, 7) is 9.03. The lowest BCUT2D eigenvalue weighted by atomic mass is 10.0. The first-order valence-electron chi connectivity index (χ1n) is 5.91. The third-order valence-electron chi connectivity index (χ3n) is 2.62. The molecule has 86 valence electrons. The number of unbranched alkanes of at least 4 members (excludes halogenated alkanes) is 1. The minimum atomic E-state index is -0.592. The molecule has 0 radical (unpaired) electrons. The molecular weight excluding hydrogens is 176 g/mol. The molecule has 0 aliphatic rings. The summed E-state index contributed by atoms with van der Waals surface area (Å²) < 4.78 is 5.41. The van der Waals surface area contributed by atoms with E-state index in [-0.39, 0.29) is 5.92 Å². The maximum atomic E-state index is 9.47. The van der Waals surface area contributed by atoms with Crippen LogP contribution in [-0.2, 0) is 4.74 Å². The van der Waals surface area contributed by atoms with Gasteiger partial charge in [0.1, 0.15) is 0 Å². The van der Waals surface area contributed by atoms with Gasteiger partial charge >= 0.3 is 0 Å². The first kappa shape index (κ1) is 13.9. The predicted molar refractivity (Wildman–Crippen MR) is 60.1 cm³/mol. The van der Waals surface area contributed by atoms with Crippen molar-refractivity contribution in [2.24, 2.45) is 11.8 Å². The van der Waals surface area contributed by atoms with Gasteiger partial charge in [-0.25, -0.2) is 0 Å². The topological polar surface area (TPSA) is 29.5 Å². The van der Waals surface area contributed by atoms with E-state index in [0.29, 0.717) is 12.5 Å². The van der Waals surface area contributed by atoms with Crippen LogP contribution in [0.5, 0.6) is 0 Å². The first-order valence-corrected chi connectivity index (χ1v) is 5.91. The molecule has 1 N–H and O–H groups in total. The SMILES string of the molecule is CCCCC(CC)COC(O)C(C)C. The fourth-order valence-electron chi connectivity index (χ4n) is 1.33. The van der Waals surface area contributed by atoms with Crippen molar-refractivity contribution in [1.82, 2.24) is 0 Å². The van der Waals surface area contributed by atoms with Crippen molar-refractivity contribution < 1.29 is 9.84 Å². The highest BCUT2D eigenvalue weighted by atomic mass is 16.6. The molecule has 0 aliphatic carbocycles. The maximum Gasteiger partial charge on any atom is 0.156 e. The van der Waals surface area contributed by atoms with Crippen molar-refractivity contribution in [2.75, 3.05) is 6.61 Å². The lowest BCUT2D eigenvalue weighted by Gasteiger charge is -2.20. The Morgan fingerprint density at radius 3 is 2.29 bits per heavy atom. The van der Waals surface area contributed by atoms with E-state index in [4.69, 9.17) is 4.74 Å². The predicted octanol–water partition coefficient (Wildman–Crippen LogP) is 3.19. The van der Waals surface area contributed by atoms with Crippen molar-refractivity contribution in [3.05, 3.63) is 0 Å². The lowest BCUT2D eigenvalue weighted by molar-refractivity contribution is -0.135. The van der Waals surface area contributed by atoms with Gasteiger partial charge in [0.05, 0.1) is 6.61 Å². The molecule has 0 saturated carbocycles. The number of ether oxygens (including phenoxy) is 1. The molecule has 2 heteroatoms. The summed E-state index contributed by atoms with van der Waals surface area (Å²) in [4.78, 5) is 0. The van der Waals surface area contributed by atoms with E-state index >= 15 is 0 Å². The van der Waals surface area contributed by atoms with Crippen molar-refractivity contribution in [2.45, 2.75) is 59.7 Å². The highest BCUT2D eigenvalue weighted by Gasteiger charge is 2.12. The molecule has 0 bridgehead atoms. The van der Waals surface area contributed by atoms with Gasteiger partial charge in [-0.2, -0.15) is 0 Å². The molecule has 0 aromatic heterocycles. The Morgan fingerprint density at radius 1 is 1.21 bits per heavy atom. The maximum absolute atomic E-state index is 9.47. The molecule has 0 heterocycles. The van der Waals surface area contributed by atoms with Crippen LogP contribution in [0.25, 0.3) is 0 Å². The summed E-state index contributed by atoms with van der Waals surface area (Å²) in [6, 6.07) is 0. The second kappa shape index (κ2) is 8.25. The van der Waals surface area contributed by atoms with Gasteiger partial charge in [0.15, 0.2) is 6.29 Å². The first-order chi connectivity index (χ1) is 6.61. The number of rotatable bonds is 8. The number of aliphatic hydroxyl groups is 1. The summed E-state index contributed by atoms with van der Waals surface area (Å²) in [5.41, 5.74) is 0. The zero-order valence-electron chi connectivity index (χ0n) is 10.1. The van der Waals surface area contributed by atoms with Crippen molar-refractivity contribution in [3.8, 4) is 0 Å². The van der Waals surface area contributed by atoms with Crippen LogP contribution in [0.1, 0.15) is 53.4 Å². The van der Waals surface area contributed by atoms with Crippen LogP contribution >= 0.6 is 0 Å². The van der Waals surface area contributed by atoms with Crippen LogP contribution in [0, 0.1) is 11.8 Å². The Balaban J connectivity index is 3.60. The van der Waals surface area contributed by atoms with Crippen molar-refractivity contribution >= 4 is 0 Å². The molecule has 2 unspecified atom stereocenters. The molecule has 0 aliphatic heterocycles. The molecule has 0 aromatic rings. The summed E-state index contributed by atoms with van der Waals surface area (Å²) in [5, 5.41) is 9.47. The number of hydrogen-bond acceptors (Lipinski definition) is 2. The molecule has 0 aromatic carbocycles. The average molecular weight is 202 g/mol. The van der Waals surface area contributed by atoms with E-state index in [2.05, 4.69) is 13.8 Å². The largest absolute Gasteiger partial charge is 0.368 e. The van der Waals surface area contributed by atoms with Crippen LogP contribution < -0.4 is 0 Å². The fourth-order valence-corrected chi connectivity index (χ4v) is 1.33. The minimum Gasteiger partial charge on any atom is -0.368 e. The Hall–Kier alpha value is -0.0800. The zero-order chi connectivity index (χ0) is 11.0. The molecule has 2 nitrogen and oxygen atoms in total. The normalized spacial score (nSPS) is 15.9. The van der Waals surface area contributed by atoms with Gasteiger partial charge in [0.25, 0.3) is 0 Å². The van der Waals surface area contributed by atoms with E-state index in [1.807, 2.05) is 13.8 Å². The Kier molecular flexibility index (Phi) is 8.20. The molecule has 0 rings (SSSR count). The molecule has 0 fully saturated rings. The molecule has 14 heavy (non-hydrogen) atoms. The molecule has 0 spiro atoms. The Labute approximate surface area is 88.7 Å².